The van der Waals surface area contributed by atoms with E-state index >= 15 is 0 Å². The summed E-state index contributed by atoms with van der Waals surface area (Å²) in [7, 11) is 0. The van der Waals surface area contributed by atoms with Gasteiger partial charge in [-0.3, -0.25) is 0 Å². The lowest BCUT2D eigenvalue weighted by Gasteiger charge is -2.02. The predicted octanol–water partition coefficient (Wildman–Crippen LogP) is 4.04. The first-order chi connectivity index (χ1) is 8.65. The van der Waals surface area contributed by atoms with Crippen LogP contribution < -0.4 is 5.73 Å². The van der Waals surface area contributed by atoms with Crippen LogP contribution in [0.1, 0.15) is 5.69 Å². The Morgan fingerprint density at radius 2 is 2.06 bits per heavy atom. The Balaban J connectivity index is 2.23. The third kappa shape index (κ3) is 1.73. The van der Waals surface area contributed by atoms with E-state index in [1.54, 1.807) is 6.07 Å². The van der Waals surface area contributed by atoms with Crippen LogP contribution in [0.25, 0.3) is 22.3 Å². The number of rotatable bonds is 1. The molecule has 3 rings (SSSR count). The van der Waals surface area contributed by atoms with Gasteiger partial charge >= 0.3 is 0 Å². The van der Waals surface area contributed by atoms with E-state index in [0.717, 1.165) is 22.4 Å². The van der Waals surface area contributed by atoms with Gasteiger partial charge in [0.2, 0.25) is 0 Å². The molecule has 0 unspecified atom stereocenters. The van der Waals surface area contributed by atoms with Crippen LogP contribution in [0.2, 0.25) is 5.02 Å². The fraction of sp³-hybridized carbons (Fsp3) is 0.0714. The maximum Gasteiger partial charge on any atom is 0.153 e. The van der Waals surface area contributed by atoms with Crippen molar-refractivity contribution in [2.75, 3.05) is 5.73 Å². The third-order valence-electron chi connectivity index (χ3n) is 2.87. The molecule has 0 radical (unpaired) electrons. The molecule has 1 aromatic carbocycles. The lowest BCUT2D eigenvalue weighted by Crippen LogP contribution is -1.93. The number of para-hydroxylation sites is 1. The van der Waals surface area contributed by atoms with Crippen LogP contribution >= 0.6 is 11.6 Å². The highest BCUT2D eigenvalue weighted by atomic mass is 35.5. The predicted molar refractivity (Wildman–Crippen MR) is 73.6 cm³/mol. The van der Waals surface area contributed by atoms with Gasteiger partial charge in [0.05, 0.1) is 10.7 Å². The number of furan rings is 1. The minimum absolute atomic E-state index is 0.505. The summed E-state index contributed by atoms with van der Waals surface area (Å²) in [6, 6.07) is 11.3. The zero-order chi connectivity index (χ0) is 12.7. The topological polar surface area (TPSA) is 52.0 Å². The first-order valence-corrected chi connectivity index (χ1v) is 5.94. The van der Waals surface area contributed by atoms with Crippen molar-refractivity contribution < 1.29 is 4.42 Å². The molecule has 2 aromatic heterocycles. The van der Waals surface area contributed by atoms with Gasteiger partial charge < -0.3 is 10.2 Å². The summed E-state index contributed by atoms with van der Waals surface area (Å²) in [4.78, 5) is 4.23. The van der Waals surface area contributed by atoms with Gasteiger partial charge in [0.15, 0.2) is 5.58 Å². The molecule has 0 spiro atoms. The van der Waals surface area contributed by atoms with Crippen molar-refractivity contribution in [2.24, 2.45) is 0 Å². The van der Waals surface area contributed by atoms with Crippen molar-refractivity contribution in [1.29, 1.82) is 0 Å². The Bertz CT molecular complexity index is 734. The van der Waals surface area contributed by atoms with Crippen molar-refractivity contribution in [3.05, 3.63) is 47.1 Å². The average molecular weight is 259 g/mol. The molecule has 0 bridgehead atoms. The van der Waals surface area contributed by atoms with Gasteiger partial charge in [0, 0.05) is 10.9 Å². The molecule has 18 heavy (non-hydrogen) atoms. The summed E-state index contributed by atoms with van der Waals surface area (Å²) in [6.45, 7) is 1.90. The van der Waals surface area contributed by atoms with Gasteiger partial charge in [-0.1, -0.05) is 23.7 Å². The number of halogens is 1. The minimum Gasteiger partial charge on any atom is -0.454 e. The quantitative estimate of drug-likeness (QED) is 0.717. The summed E-state index contributed by atoms with van der Waals surface area (Å²) in [6.07, 6.45) is 0. The third-order valence-corrected chi connectivity index (χ3v) is 3.17. The van der Waals surface area contributed by atoms with Crippen molar-refractivity contribution >= 4 is 28.4 Å². The second kappa shape index (κ2) is 4.03. The molecule has 0 saturated carbocycles. The molecule has 2 heterocycles. The molecule has 3 aromatic rings. The van der Waals surface area contributed by atoms with Crippen LogP contribution in [-0.2, 0) is 0 Å². The van der Waals surface area contributed by atoms with Crippen molar-refractivity contribution in [2.45, 2.75) is 6.92 Å². The highest BCUT2D eigenvalue weighted by Gasteiger charge is 2.11. The molecule has 0 aliphatic rings. The van der Waals surface area contributed by atoms with E-state index in [4.69, 9.17) is 21.8 Å². The maximum atomic E-state index is 6.09. The Labute approximate surface area is 109 Å². The maximum absolute atomic E-state index is 6.09. The highest BCUT2D eigenvalue weighted by Crippen LogP contribution is 2.33. The number of aromatic nitrogens is 1. The van der Waals surface area contributed by atoms with Crippen molar-refractivity contribution in [3.63, 3.8) is 0 Å². The molecule has 0 fully saturated rings. The van der Waals surface area contributed by atoms with E-state index in [1.165, 1.54) is 0 Å². The fourth-order valence-corrected chi connectivity index (χ4v) is 2.22. The van der Waals surface area contributed by atoms with Crippen LogP contribution in [0.4, 0.5) is 5.82 Å². The number of hydrogen-bond acceptors (Lipinski definition) is 3. The van der Waals surface area contributed by atoms with Crippen molar-refractivity contribution in [3.8, 4) is 11.3 Å². The molecule has 0 amide bonds. The molecule has 3 nitrogen and oxygen atoms in total. The summed E-state index contributed by atoms with van der Waals surface area (Å²) in [5, 5.41) is 1.59. The molecule has 2 N–H and O–H groups in total. The molecule has 0 aliphatic heterocycles. The summed E-state index contributed by atoms with van der Waals surface area (Å²) in [5.74, 6) is 1.26. The van der Waals surface area contributed by atoms with Crippen LogP contribution in [0.15, 0.2) is 40.8 Å². The van der Waals surface area contributed by atoms with Gasteiger partial charge in [-0.25, -0.2) is 4.98 Å². The molecular formula is C14H11ClN2O. The van der Waals surface area contributed by atoms with Gasteiger partial charge in [-0.15, -0.1) is 0 Å². The Morgan fingerprint density at radius 1 is 1.22 bits per heavy atom. The number of nitrogens with two attached hydrogens (primary N) is 1. The van der Waals surface area contributed by atoms with E-state index in [0.29, 0.717) is 16.4 Å². The van der Waals surface area contributed by atoms with Gasteiger partial charge in [0.1, 0.15) is 11.6 Å². The van der Waals surface area contributed by atoms with Crippen LogP contribution in [-0.4, -0.2) is 4.98 Å². The number of aryl methyl sites for hydroxylation is 1. The minimum atomic E-state index is 0.505. The molecule has 90 valence electrons. The monoisotopic (exact) mass is 258 g/mol. The molecule has 0 saturated heterocycles. The zero-order valence-electron chi connectivity index (χ0n) is 9.77. The first-order valence-electron chi connectivity index (χ1n) is 5.57. The average Bonchev–Trinajstić information content (AvgIpc) is 2.74. The van der Waals surface area contributed by atoms with Crippen LogP contribution in [0.5, 0.6) is 0 Å². The Morgan fingerprint density at radius 3 is 2.78 bits per heavy atom. The number of fused-ring (bicyclic) bond motifs is 1. The van der Waals surface area contributed by atoms with Crippen LogP contribution in [0, 0.1) is 6.92 Å². The van der Waals surface area contributed by atoms with Crippen LogP contribution in [0.3, 0.4) is 0 Å². The summed E-state index contributed by atoms with van der Waals surface area (Å²) in [5.41, 5.74) is 8.11. The lowest BCUT2D eigenvalue weighted by atomic mass is 10.1. The lowest BCUT2D eigenvalue weighted by molar-refractivity contribution is 0.630. The van der Waals surface area contributed by atoms with E-state index in [9.17, 15) is 0 Å². The summed E-state index contributed by atoms with van der Waals surface area (Å²) < 4.78 is 5.79. The highest BCUT2D eigenvalue weighted by molar-refractivity contribution is 6.34. The number of anilines is 1. The number of hydrogen-bond donors (Lipinski definition) is 1. The number of nitrogens with zero attached hydrogens (tertiary/aromatic N) is 1. The largest absolute Gasteiger partial charge is 0.454 e. The number of pyridine rings is 1. The smallest absolute Gasteiger partial charge is 0.153 e. The molecular weight excluding hydrogens is 248 g/mol. The number of nitrogen functional groups attached to an aromatic ring is 1. The number of benzene rings is 1. The first kappa shape index (κ1) is 11.1. The SMILES string of the molecule is Cc1nc(N)ccc1-c1cc2cccc(Cl)c2o1. The van der Waals surface area contributed by atoms with Gasteiger partial charge in [-0.05, 0) is 31.2 Å². The Kier molecular flexibility index (Phi) is 2.49. The van der Waals surface area contributed by atoms with Crippen molar-refractivity contribution in [1.82, 2.24) is 4.98 Å². The van der Waals surface area contributed by atoms with E-state index in [2.05, 4.69) is 4.98 Å². The van der Waals surface area contributed by atoms with Gasteiger partial charge in [-0.2, -0.15) is 0 Å². The molecule has 0 atom stereocenters. The molecule has 4 heteroatoms. The second-order valence-electron chi connectivity index (χ2n) is 4.14. The normalized spacial score (nSPS) is 11.0. The Hall–Kier alpha value is -2.00. The standard InChI is InChI=1S/C14H11ClN2O/c1-8-10(5-6-13(16)17-8)12-7-9-3-2-4-11(15)14(9)18-12/h2-7H,1H3,(H2,16,17). The molecule has 0 aliphatic carbocycles. The summed E-state index contributed by atoms with van der Waals surface area (Å²) >= 11 is 6.09. The fourth-order valence-electron chi connectivity index (χ4n) is 2.00. The van der Waals surface area contributed by atoms with E-state index < -0.39 is 0 Å². The van der Waals surface area contributed by atoms with E-state index in [-0.39, 0.29) is 0 Å². The zero-order valence-corrected chi connectivity index (χ0v) is 10.5. The van der Waals surface area contributed by atoms with Gasteiger partial charge in [0.25, 0.3) is 0 Å². The van der Waals surface area contributed by atoms with E-state index in [1.807, 2.05) is 37.3 Å². The second-order valence-corrected chi connectivity index (χ2v) is 4.55.